The van der Waals surface area contributed by atoms with E-state index in [1.165, 1.54) is 44.8 Å². The van der Waals surface area contributed by atoms with E-state index in [1.54, 1.807) is 0 Å². The molecule has 1 fully saturated rings. The van der Waals surface area contributed by atoms with Crippen LogP contribution in [0, 0.1) is 13.8 Å². The number of hydrogen-bond acceptors (Lipinski definition) is 4. The summed E-state index contributed by atoms with van der Waals surface area (Å²) >= 11 is 0. The minimum Gasteiger partial charge on any atom is -0.350 e. The summed E-state index contributed by atoms with van der Waals surface area (Å²) in [6.07, 6.45) is 2.23. The Morgan fingerprint density at radius 3 is 2.47 bits per heavy atom. The van der Waals surface area contributed by atoms with Gasteiger partial charge >= 0.3 is 0 Å². The smallest absolute Gasteiger partial charge is 0.153 e. The summed E-state index contributed by atoms with van der Waals surface area (Å²) in [5.74, 6) is 1.19. The number of likely N-dealkylation sites (N-methyl/N-ethyl adjacent to an activating group) is 1. The van der Waals surface area contributed by atoms with Gasteiger partial charge in [0.1, 0.15) is 0 Å². The molecule has 0 atom stereocenters. The average molecular weight is 432 g/mol. The van der Waals surface area contributed by atoms with Gasteiger partial charge in [0.25, 0.3) is 0 Å². The normalized spacial score (nSPS) is 17.8. The van der Waals surface area contributed by atoms with Crippen LogP contribution in [-0.4, -0.2) is 59.1 Å². The largest absolute Gasteiger partial charge is 0.350 e. The van der Waals surface area contributed by atoms with Gasteiger partial charge in [-0.25, -0.2) is 4.98 Å². The predicted molar refractivity (Wildman–Crippen MR) is 133 cm³/mol. The molecule has 2 aliphatic heterocycles. The molecule has 5 heteroatoms. The lowest BCUT2D eigenvalue weighted by Gasteiger charge is -2.33. The molecule has 0 saturated carbocycles. The van der Waals surface area contributed by atoms with Crippen molar-refractivity contribution in [3.8, 4) is 0 Å². The number of hydrogen-bond donors (Lipinski definition) is 0. The number of benzene rings is 1. The van der Waals surface area contributed by atoms with Crippen molar-refractivity contribution in [2.24, 2.45) is 0 Å². The Morgan fingerprint density at radius 2 is 1.72 bits per heavy atom. The summed E-state index contributed by atoms with van der Waals surface area (Å²) in [5.41, 5.74) is 8.29. The van der Waals surface area contributed by atoms with E-state index in [-0.39, 0.29) is 0 Å². The van der Waals surface area contributed by atoms with Gasteiger partial charge in [0.2, 0.25) is 0 Å². The van der Waals surface area contributed by atoms with Crippen LogP contribution in [0.2, 0.25) is 0 Å². The third kappa shape index (κ3) is 3.93. The summed E-state index contributed by atoms with van der Waals surface area (Å²) in [6, 6.07) is 11.3. The van der Waals surface area contributed by atoms with Crippen molar-refractivity contribution in [1.29, 1.82) is 0 Å². The van der Waals surface area contributed by atoms with Gasteiger partial charge in [0, 0.05) is 63.4 Å². The van der Waals surface area contributed by atoms with Crippen LogP contribution >= 0.6 is 0 Å². The maximum atomic E-state index is 5.36. The van der Waals surface area contributed by atoms with Gasteiger partial charge in [-0.1, -0.05) is 31.2 Å². The summed E-state index contributed by atoms with van der Waals surface area (Å²) in [6.45, 7) is 15.3. The van der Waals surface area contributed by atoms with Gasteiger partial charge in [-0.15, -0.1) is 0 Å². The third-order valence-corrected chi connectivity index (χ3v) is 7.51. The van der Waals surface area contributed by atoms with E-state index in [2.05, 4.69) is 77.4 Å². The Hall–Kier alpha value is -2.37. The Kier molecular flexibility index (Phi) is 5.95. The zero-order chi connectivity index (χ0) is 22.2. The van der Waals surface area contributed by atoms with Crippen LogP contribution in [-0.2, 0) is 26.1 Å². The second-order valence-corrected chi connectivity index (χ2v) is 9.72. The van der Waals surface area contributed by atoms with Crippen LogP contribution in [0.3, 0.4) is 0 Å². The SMILES string of the molecule is CCCn1c(C)c(C)c2cc(CN3CCN(C)CC3)nc(N3CCc4ccccc4C3)c21. The summed E-state index contributed by atoms with van der Waals surface area (Å²) in [5, 5.41) is 1.39. The Balaban J connectivity index is 1.58. The molecule has 5 nitrogen and oxygen atoms in total. The molecule has 32 heavy (non-hydrogen) atoms. The monoisotopic (exact) mass is 431 g/mol. The molecule has 5 rings (SSSR count). The summed E-state index contributed by atoms with van der Waals surface area (Å²) < 4.78 is 2.52. The Morgan fingerprint density at radius 1 is 0.969 bits per heavy atom. The van der Waals surface area contributed by atoms with E-state index < -0.39 is 0 Å². The number of pyridine rings is 1. The Labute approximate surface area is 192 Å². The molecule has 0 N–H and O–H groups in total. The lowest BCUT2D eigenvalue weighted by molar-refractivity contribution is 0.147. The van der Waals surface area contributed by atoms with Crippen molar-refractivity contribution in [3.05, 3.63) is 58.4 Å². The predicted octanol–water partition coefficient (Wildman–Crippen LogP) is 4.37. The maximum Gasteiger partial charge on any atom is 0.153 e. The minimum atomic E-state index is 0.943. The van der Waals surface area contributed by atoms with Crippen molar-refractivity contribution in [2.45, 2.75) is 53.2 Å². The molecule has 4 heterocycles. The second kappa shape index (κ2) is 8.87. The summed E-state index contributed by atoms with van der Waals surface area (Å²) in [4.78, 5) is 12.9. The average Bonchev–Trinajstić information content (AvgIpc) is 3.05. The van der Waals surface area contributed by atoms with E-state index >= 15 is 0 Å². The molecule has 0 bridgehead atoms. The molecule has 0 aliphatic carbocycles. The van der Waals surface area contributed by atoms with Crippen molar-refractivity contribution in [3.63, 3.8) is 0 Å². The minimum absolute atomic E-state index is 0.943. The fourth-order valence-electron chi connectivity index (χ4n) is 5.41. The van der Waals surface area contributed by atoms with Crippen LogP contribution in [0.15, 0.2) is 30.3 Å². The van der Waals surface area contributed by atoms with E-state index in [4.69, 9.17) is 4.98 Å². The molecule has 1 saturated heterocycles. The van der Waals surface area contributed by atoms with Crippen molar-refractivity contribution < 1.29 is 0 Å². The third-order valence-electron chi connectivity index (χ3n) is 7.51. The molecule has 2 aromatic heterocycles. The standard InChI is InChI=1S/C27H37N5/c1-5-11-32-21(3)20(2)25-17-24(19-30-15-13-29(4)14-16-30)28-27(26(25)32)31-12-10-22-8-6-7-9-23(22)18-31/h6-9,17H,5,10-16,18-19H2,1-4H3. The molecule has 3 aromatic rings. The number of anilines is 1. The van der Waals surface area contributed by atoms with Gasteiger partial charge in [0.05, 0.1) is 11.2 Å². The summed E-state index contributed by atoms with van der Waals surface area (Å²) in [7, 11) is 2.22. The number of fused-ring (bicyclic) bond motifs is 2. The molecule has 0 spiro atoms. The first-order valence-electron chi connectivity index (χ1n) is 12.3. The fraction of sp³-hybridized carbons (Fsp3) is 0.519. The zero-order valence-electron chi connectivity index (χ0n) is 20.2. The first-order chi connectivity index (χ1) is 15.5. The van der Waals surface area contributed by atoms with Crippen molar-refractivity contribution >= 4 is 16.7 Å². The van der Waals surface area contributed by atoms with E-state index in [9.17, 15) is 0 Å². The van der Waals surface area contributed by atoms with Gasteiger partial charge in [-0.05, 0) is 56.5 Å². The number of aryl methyl sites for hydroxylation is 2. The number of rotatable bonds is 5. The number of piperazine rings is 1. The van der Waals surface area contributed by atoms with Gasteiger partial charge < -0.3 is 14.4 Å². The highest BCUT2D eigenvalue weighted by Gasteiger charge is 2.24. The van der Waals surface area contributed by atoms with Crippen molar-refractivity contribution in [1.82, 2.24) is 19.4 Å². The molecule has 2 aliphatic rings. The van der Waals surface area contributed by atoms with Gasteiger partial charge in [0.15, 0.2) is 5.82 Å². The molecule has 0 unspecified atom stereocenters. The van der Waals surface area contributed by atoms with E-state index in [1.807, 2.05) is 0 Å². The van der Waals surface area contributed by atoms with E-state index in [0.29, 0.717) is 0 Å². The lowest BCUT2D eigenvalue weighted by atomic mass is 10.00. The Bertz CT molecular complexity index is 1110. The fourth-order valence-corrected chi connectivity index (χ4v) is 5.41. The highest BCUT2D eigenvalue weighted by Crippen LogP contribution is 2.35. The van der Waals surface area contributed by atoms with Crippen LogP contribution in [0.1, 0.15) is 41.4 Å². The zero-order valence-corrected chi connectivity index (χ0v) is 20.2. The quantitative estimate of drug-likeness (QED) is 0.599. The number of nitrogens with zero attached hydrogens (tertiary/aromatic N) is 5. The molecule has 0 radical (unpaired) electrons. The first kappa shape index (κ1) is 21.5. The van der Waals surface area contributed by atoms with Crippen LogP contribution in [0.5, 0.6) is 0 Å². The lowest BCUT2D eigenvalue weighted by Crippen LogP contribution is -2.44. The molecular weight excluding hydrogens is 394 g/mol. The maximum absolute atomic E-state index is 5.36. The van der Waals surface area contributed by atoms with Gasteiger partial charge in [-0.3, -0.25) is 4.90 Å². The molecule has 170 valence electrons. The highest BCUT2D eigenvalue weighted by molar-refractivity contribution is 5.94. The van der Waals surface area contributed by atoms with Gasteiger partial charge in [-0.2, -0.15) is 0 Å². The second-order valence-electron chi connectivity index (χ2n) is 9.72. The molecule has 1 aromatic carbocycles. The van der Waals surface area contributed by atoms with Crippen LogP contribution in [0.25, 0.3) is 10.9 Å². The van der Waals surface area contributed by atoms with Crippen molar-refractivity contribution in [2.75, 3.05) is 44.7 Å². The number of aromatic nitrogens is 2. The van der Waals surface area contributed by atoms with Crippen LogP contribution < -0.4 is 4.90 Å². The molecular formula is C27H37N5. The van der Waals surface area contributed by atoms with E-state index in [0.717, 1.165) is 65.2 Å². The molecule has 0 amide bonds. The first-order valence-corrected chi connectivity index (χ1v) is 12.3. The van der Waals surface area contributed by atoms with Crippen LogP contribution in [0.4, 0.5) is 5.82 Å². The highest BCUT2D eigenvalue weighted by atomic mass is 15.3. The topological polar surface area (TPSA) is 27.5 Å².